The quantitative estimate of drug-likeness (QED) is 0.787. The normalized spacial score (nSPS) is 11.7. The van der Waals surface area contributed by atoms with Crippen molar-refractivity contribution in [2.75, 3.05) is 18.3 Å². The molecule has 2 N–H and O–H groups in total. The lowest BCUT2D eigenvalue weighted by Crippen LogP contribution is -2.33. The number of carboxylic acids is 1. The van der Waals surface area contributed by atoms with E-state index in [1.54, 1.807) is 0 Å². The second-order valence-electron chi connectivity index (χ2n) is 4.40. The number of benzene rings is 1. The van der Waals surface area contributed by atoms with Crippen molar-refractivity contribution >= 4 is 45.1 Å². The molecule has 1 rings (SSSR count). The lowest BCUT2D eigenvalue weighted by molar-refractivity contribution is 0.0697. The molecule has 0 aliphatic heterocycles. The monoisotopic (exact) mass is 354 g/mol. The number of carbonyl (C=O) groups is 1. The molecule has 0 aliphatic carbocycles. The summed E-state index contributed by atoms with van der Waals surface area (Å²) < 4.78 is 27.6. The number of hydrogen-bond acceptors (Lipinski definition) is 3. The van der Waals surface area contributed by atoms with Crippen LogP contribution in [0.4, 0.5) is 5.69 Å². The molecule has 1 aromatic rings. The van der Waals surface area contributed by atoms with Crippen molar-refractivity contribution in [1.82, 2.24) is 4.31 Å². The number of rotatable bonds is 7. The van der Waals surface area contributed by atoms with Gasteiger partial charge in [0.15, 0.2) is 0 Å². The maximum Gasteiger partial charge on any atom is 0.335 e. The predicted octanol–water partition coefficient (Wildman–Crippen LogP) is 3.08. The first-order valence-electron chi connectivity index (χ1n) is 6.15. The van der Waals surface area contributed by atoms with Crippen LogP contribution in [-0.4, -0.2) is 37.4 Å². The van der Waals surface area contributed by atoms with Crippen LogP contribution in [0.3, 0.4) is 0 Å². The second kappa shape index (κ2) is 7.31. The maximum absolute atomic E-state index is 12.1. The van der Waals surface area contributed by atoms with Crippen LogP contribution in [0.2, 0.25) is 10.0 Å². The van der Waals surface area contributed by atoms with Gasteiger partial charge in [-0.2, -0.15) is 12.7 Å². The first kappa shape index (κ1) is 18.0. The van der Waals surface area contributed by atoms with Crippen molar-refractivity contribution in [3.05, 3.63) is 27.7 Å². The summed E-state index contributed by atoms with van der Waals surface area (Å²) in [7, 11) is -2.36. The summed E-state index contributed by atoms with van der Waals surface area (Å²) in [6, 6.07) is 2.28. The lowest BCUT2D eigenvalue weighted by Gasteiger charge is -2.19. The second-order valence-corrected chi connectivity index (χ2v) is 6.99. The third-order valence-electron chi connectivity index (χ3n) is 2.76. The Morgan fingerprint density at radius 1 is 1.33 bits per heavy atom. The Morgan fingerprint density at radius 2 is 1.86 bits per heavy atom. The van der Waals surface area contributed by atoms with Crippen molar-refractivity contribution in [3.8, 4) is 0 Å². The van der Waals surface area contributed by atoms with Crippen molar-refractivity contribution in [1.29, 1.82) is 0 Å². The van der Waals surface area contributed by atoms with Gasteiger partial charge in [-0.05, 0) is 18.6 Å². The van der Waals surface area contributed by atoms with Crippen molar-refractivity contribution < 1.29 is 18.3 Å². The Kier molecular flexibility index (Phi) is 6.27. The molecule has 0 saturated carbocycles. The number of carboxylic acid groups (broad SMARTS) is 1. The summed E-state index contributed by atoms with van der Waals surface area (Å²) >= 11 is 11.8. The fraction of sp³-hybridized carbons (Fsp3) is 0.417. The number of aromatic carboxylic acids is 1. The average Bonchev–Trinajstić information content (AvgIpc) is 2.39. The van der Waals surface area contributed by atoms with E-state index in [1.165, 1.54) is 7.05 Å². The predicted molar refractivity (Wildman–Crippen MR) is 83.5 cm³/mol. The minimum absolute atomic E-state index is 0.0355. The molecule has 0 aliphatic rings. The third-order valence-corrected chi connectivity index (χ3v) is 4.82. The molecule has 0 fully saturated rings. The lowest BCUT2D eigenvalue weighted by atomic mass is 10.2. The number of hydrogen-bond donors (Lipinski definition) is 2. The molecular weight excluding hydrogens is 339 g/mol. The highest BCUT2D eigenvalue weighted by atomic mass is 35.5. The summed E-state index contributed by atoms with van der Waals surface area (Å²) in [5.41, 5.74) is -0.154. The van der Waals surface area contributed by atoms with E-state index in [1.807, 2.05) is 6.92 Å². The minimum atomic E-state index is -3.80. The molecule has 0 radical (unpaired) electrons. The van der Waals surface area contributed by atoms with Gasteiger partial charge in [0, 0.05) is 13.6 Å². The van der Waals surface area contributed by atoms with Gasteiger partial charge in [0.1, 0.15) is 0 Å². The highest BCUT2D eigenvalue weighted by Crippen LogP contribution is 2.33. The zero-order valence-electron chi connectivity index (χ0n) is 11.6. The van der Waals surface area contributed by atoms with E-state index in [0.29, 0.717) is 6.54 Å². The van der Waals surface area contributed by atoms with Gasteiger partial charge in [-0.25, -0.2) is 4.79 Å². The first-order valence-corrected chi connectivity index (χ1v) is 8.35. The van der Waals surface area contributed by atoms with Gasteiger partial charge in [-0.15, -0.1) is 0 Å². The molecular formula is C12H16Cl2N2O4S. The number of anilines is 1. The van der Waals surface area contributed by atoms with E-state index in [9.17, 15) is 13.2 Å². The molecule has 21 heavy (non-hydrogen) atoms. The van der Waals surface area contributed by atoms with Crippen LogP contribution >= 0.6 is 23.2 Å². The van der Waals surface area contributed by atoms with Crippen LogP contribution in [0.15, 0.2) is 12.1 Å². The van der Waals surface area contributed by atoms with E-state index in [-0.39, 0.29) is 21.3 Å². The molecule has 1 aromatic carbocycles. The Balaban J connectivity index is 3.05. The Bertz CT molecular complexity index is 611. The van der Waals surface area contributed by atoms with Crippen LogP contribution in [-0.2, 0) is 10.2 Å². The fourth-order valence-electron chi connectivity index (χ4n) is 1.50. The van der Waals surface area contributed by atoms with Gasteiger partial charge in [-0.3, -0.25) is 4.72 Å². The summed E-state index contributed by atoms with van der Waals surface area (Å²) in [6.45, 7) is 2.31. The van der Waals surface area contributed by atoms with Crippen LogP contribution in [0.5, 0.6) is 0 Å². The zero-order chi connectivity index (χ0) is 16.2. The zero-order valence-corrected chi connectivity index (χ0v) is 13.9. The molecule has 0 spiro atoms. The topological polar surface area (TPSA) is 86.7 Å². The Morgan fingerprint density at radius 3 is 2.29 bits per heavy atom. The standard InChI is InChI=1S/C12H16Cl2N2O4S/c1-3-4-5-16(2)21(19,20)15-11-9(13)6-8(12(17)18)7-10(11)14/h6-7,15H,3-5H2,1-2H3,(H,17,18). The molecule has 118 valence electrons. The first-order chi connectivity index (χ1) is 9.69. The molecule has 0 bridgehead atoms. The molecule has 9 heteroatoms. The summed E-state index contributed by atoms with van der Waals surface area (Å²) in [5, 5.41) is 8.73. The van der Waals surface area contributed by atoms with Crippen LogP contribution in [0.1, 0.15) is 30.1 Å². The number of nitrogens with one attached hydrogen (secondary N) is 1. The van der Waals surface area contributed by atoms with Gasteiger partial charge in [0.25, 0.3) is 0 Å². The summed E-state index contributed by atoms with van der Waals surface area (Å²) in [4.78, 5) is 10.9. The van der Waals surface area contributed by atoms with Gasteiger partial charge in [0.2, 0.25) is 0 Å². The number of nitrogens with zero attached hydrogens (tertiary/aromatic N) is 1. The van der Waals surface area contributed by atoms with Crippen molar-refractivity contribution in [2.24, 2.45) is 0 Å². The minimum Gasteiger partial charge on any atom is -0.478 e. The van der Waals surface area contributed by atoms with Gasteiger partial charge < -0.3 is 5.11 Å². The van der Waals surface area contributed by atoms with Gasteiger partial charge in [0.05, 0.1) is 21.3 Å². The van der Waals surface area contributed by atoms with E-state index in [2.05, 4.69) is 4.72 Å². The smallest absolute Gasteiger partial charge is 0.335 e. The van der Waals surface area contributed by atoms with Crippen molar-refractivity contribution in [2.45, 2.75) is 19.8 Å². The Labute approximate surface area is 133 Å². The van der Waals surface area contributed by atoms with Crippen molar-refractivity contribution in [3.63, 3.8) is 0 Å². The van der Waals surface area contributed by atoms with Crippen LogP contribution in [0, 0.1) is 0 Å². The number of unbranched alkanes of at least 4 members (excludes halogenated alkanes) is 1. The van der Waals surface area contributed by atoms with E-state index >= 15 is 0 Å². The molecule has 0 amide bonds. The van der Waals surface area contributed by atoms with Gasteiger partial charge in [-0.1, -0.05) is 36.5 Å². The van der Waals surface area contributed by atoms with Crippen LogP contribution in [0.25, 0.3) is 0 Å². The van der Waals surface area contributed by atoms with Gasteiger partial charge >= 0.3 is 16.2 Å². The van der Waals surface area contributed by atoms with E-state index in [4.69, 9.17) is 28.3 Å². The molecule has 0 atom stereocenters. The highest BCUT2D eigenvalue weighted by molar-refractivity contribution is 7.90. The average molecular weight is 355 g/mol. The fourth-order valence-corrected chi connectivity index (χ4v) is 3.20. The molecule has 0 unspecified atom stereocenters. The molecule has 0 saturated heterocycles. The van der Waals surface area contributed by atoms with E-state index < -0.39 is 16.2 Å². The maximum atomic E-state index is 12.1. The number of halogens is 2. The SMILES string of the molecule is CCCCN(C)S(=O)(=O)Nc1c(Cl)cc(C(=O)O)cc1Cl. The Hall–Kier alpha value is -1.02. The van der Waals surface area contributed by atoms with E-state index in [0.717, 1.165) is 29.3 Å². The molecule has 0 aromatic heterocycles. The molecule has 0 heterocycles. The molecule has 6 nitrogen and oxygen atoms in total. The van der Waals surface area contributed by atoms with Crippen LogP contribution < -0.4 is 4.72 Å². The highest BCUT2D eigenvalue weighted by Gasteiger charge is 2.21. The largest absolute Gasteiger partial charge is 0.478 e. The summed E-state index contributed by atoms with van der Waals surface area (Å²) in [5.74, 6) is -1.20. The summed E-state index contributed by atoms with van der Waals surface area (Å²) in [6.07, 6.45) is 1.57. The third kappa shape index (κ3) is 4.74.